The lowest BCUT2D eigenvalue weighted by Crippen LogP contribution is -2.50. The molecule has 0 radical (unpaired) electrons. The lowest BCUT2D eigenvalue weighted by atomic mass is 10.1. The summed E-state index contributed by atoms with van der Waals surface area (Å²) in [6.07, 6.45) is 28.9. The molecule has 1 aromatic rings. The van der Waals surface area contributed by atoms with Gasteiger partial charge in [0.15, 0.2) is 0 Å². The van der Waals surface area contributed by atoms with Crippen LogP contribution in [0.2, 0.25) is 0 Å². The van der Waals surface area contributed by atoms with Crippen molar-refractivity contribution in [3.63, 3.8) is 0 Å². The number of nitrogens with zero attached hydrogens (tertiary/aromatic N) is 2. The van der Waals surface area contributed by atoms with Gasteiger partial charge in [0.2, 0.25) is 0 Å². The zero-order valence-corrected chi connectivity index (χ0v) is 29.0. The number of unbranched alkanes of at least 4 members (excludes halogenated alkanes) is 20. The van der Waals surface area contributed by atoms with Crippen molar-refractivity contribution in [2.75, 3.05) is 26.2 Å². The van der Waals surface area contributed by atoms with Crippen LogP contribution in [0.5, 0.6) is 11.5 Å². The summed E-state index contributed by atoms with van der Waals surface area (Å²) in [6, 6.07) is 8.02. The van der Waals surface area contributed by atoms with Gasteiger partial charge in [0.25, 0.3) is 12.8 Å². The maximum Gasteiger partial charge on any atom is 0.266 e. The van der Waals surface area contributed by atoms with Gasteiger partial charge in [-0.3, -0.25) is 4.74 Å². The molecule has 3 rings (SSSR count). The molecular formula is C38H70N2O3. The van der Waals surface area contributed by atoms with Crippen molar-refractivity contribution in [3.8, 4) is 11.5 Å². The van der Waals surface area contributed by atoms with E-state index >= 15 is 0 Å². The van der Waals surface area contributed by atoms with E-state index in [0.29, 0.717) is 0 Å². The fourth-order valence-electron chi connectivity index (χ4n) is 6.09. The van der Waals surface area contributed by atoms with Crippen LogP contribution in [0, 0.1) is 0 Å². The van der Waals surface area contributed by atoms with Crippen LogP contribution in [-0.2, 0) is 4.74 Å². The van der Waals surface area contributed by atoms with E-state index in [4.69, 9.17) is 14.2 Å². The summed E-state index contributed by atoms with van der Waals surface area (Å²) >= 11 is 0. The van der Waals surface area contributed by atoms with Crippen LogP contribution in [-0.4, -0.2) is 48.8 Å². The predicted molar refractivity (Wildman–Crippen MR) is 184 cm³/mol. The summed E-state index contributed by atoms with van der Waals surface area (Å²) in [5.74, 6) is 1.67. The summed E-state index contributed by atoms with van der Waals surface area (Å²) in [5.41, 5.74) is 0. The lowest BCUT2D eigenvalue weighted by molar-refractivity contribution is -0.285. The van der Waals surface area contributed by atoms with Crippen LogP contribution in [0.3, 0.4) is 0 Å². The molecular weight excluding hydrogens is 532 g/mol. The molecule has 0 aliphatic carbocycles. The first-order chi connectivity index (χ1) is 21.2. The molecule has 2 atom stereocenters. The number of hydrogen-bond donors (Lipinski definition) is 0. The monoisotopic (exact) mass is 603 g/mol. The number of benzene rings is 1. The Bertz CT molecular complexity index is 682. The van der Waals surface area contributed by atoms with E-state index in [9.17, 15) is 0 Å². The predicted octanol–water partition coefficient (Wildman–Crippen LogP) is 11.3. The Hall–Kier alpha value is -1.30. The van der Waals surface area contributed by atoms with Crippen LogP contribution in [0.1, 0.15) is 169 Å². The maximum absolute atomic E-state index is 6.64. The molecule has 0 fully saturated rings. The Labute approximate surface area is 267 Å². The van der Waals surface area contributed by atoms with E-state index in [1.54, 1.807) is 0 Å². The van der Waals surface area contributed by atoms with Crippen LogP contribution >= 0.6 is 0 Å². The van der Waals surface area contributed by atoms with Crippen molar-refractivity contribution in [1.29, 1.82) is 0 Å². The average Bonchev–Trinajstić information content (AvgIpc) is 3.17. The molecule has 0 N–H and O–H groups in total. The SMILES string of the molecule is CCCCCCCCCCCCCN(CC)C1Oc2ccc(cc2)OC(N(CC)CCCCCCCCCCCCC)O1. The van der Waals surface area contributed by atoms with Crippen molar-refractivity contribution in [2.24, 2.45) is 0 Å². The first-order valence-corrected chi connectivity index (χ1v) is 18.8. The Morgan fingerprint density at radius 2 is 0.698 bits per heavy atom. The topological polar surface area (TPSA) is 34.2 Å². The Balaban J connectivity index is 1.75. The minimum Gasteiger partial charge on any atom is -0.451 e. The van der Waals surface area contributed by atoms with E-state index in [1.165, 1.54) is 141 Å². The minimum absolute atomic E-state index is 0.453. The highest BCUT2D eigenvalue weighted by Crippen LogP contribution is 2.26. The van der Waals surface area contributed by atoms with E-state index in [2.05, 4.69) is 37.5 Å². The molecule has 250 valence electrons. The van der Waals surface area contributed by atoms with Crippen molar-refractivity contribution >= 4 is 0 Å². The molecule has 0 saturated heterocycles. The molecule has 5 nitrogen and oxygen atoms in total. The van der Waals surface area contributed by atoms with Gasteiger partial charge in [-0.2, -0.15) is 0 Å². The fourth-order valence-corrected chi connectivity index (χ4v) is 6.09. The normalized spacial score (nSPS) is 16.7. The second-order valence-corrected chi connectivity index (χ2v) is 12.8. The maximum atomic E-state index is 6.64. The van der Waals surface area contributed by atoms with Crippen molar-refractivity contribution in [3.05, 3.63) is 24.3 Å². The lowest BCUT2D eigenvalue weighted by Gasteiger charge is -2.36. The molecule has 2 unspecified atom stereocenters. The van der Waals surface area contributed by atoms with E-state index in [-0.39, 0.29) is 0 Å². The molecule has 43 heavy (non-hydrogen) atoms. The Morgan fingerprint density at radius 1 is 0.419 bits per heavy atom. The van der Waals surface area contributed by atoms with Gasteiger partial charge in [-0.25, -0.2) is 9.80 Å². The summed E-state index contributed by atoms with van der Waals surface area (Å²) in [5, 5.41) is 0. The zero-order chi connectivity index (χ0) is 30.8. The van der Waals surface area contributed by atoms with Gasteiger partial charge < -0.3 is 9.47 Å². The minimum atomic E-state index is -0.453. The second kappa shape index (κ2) is 26.0. The van der Waals surface area contributed by atoms with E-state index in [0.717, 1.165) is 37.7 Å². The van der Waals surface area contributed by atoms with E-state index < -0.39 is 12.8 Å². The second-order valence-electron chi connectivity index (χ2n) is 12.8. The van der Waals surface area contributed by atoms with Crippen LogP contribution < -0.4 is 9.47 Å². The molecule has 2 aliphatic heterocycles. The fraction of sp³-hybridized carbons (Fsp3) is 0.842. The molecule has 0 spiro atoms. The van der Waals surface area contributed by atoms with Crippen molar-refractivity contribution < 1.29 is 14.2 Å². The Morgan fingerprint density at radius 3 is 0.977 bits per heavy atom. The number of ether oxygens (including phenoxy) is 3. The quantitative estimate of drug-likeness (QED) is 0.0891. The first kappa shape index (κ1) is 37.9. The third-order valence-electron chi connectivity index (χ3n) is 9.04. The van der Waals surface area contributed by atoms with Gasteiger partial charge in [-0.05, 0) is 37.1 Å². The summed E-state index contributed by atoms with van der Waals surface area (Å²) in [7, 11) is 0. The third kappa shape index (κ3) is 17.7. The van der Waals surface area contributed by atoms with Gasteiger partial charge in [0.05, 0.1) is 0 Å². The molecule has 0 aromatic heterocycles. The van der Waals surface area contributed by atoms with Gasteiger partial charge in [0, 0.05) is 26.2 Å². The van der Waals surface area contributed by atoms with Crippen molar-refractivity contribution in [1.82, 2.24) is 9.80 Å². The molecule has 2 heterocycles. The molecule has 1 aromatic carbocycles. The summed E-state index contributed by atoms with van der Waals surface area (Å²) in [4.78, 5) is 4.66. The van der Waals surface area contributed by atoms with Gasteiger partial charge in [0.1, 0.15) is 11.5 Å². The smallest absolute Gasteiger partial charge is 0.266 e. The highest BCUT2D eigenvalue weighted by molar-refractivity contribution is 5.31. The summed E-state index contributed by atoms with van der Waals surface area (Å²) < 4.78 is 19.5. The van der Waals surface area contributed by atoms with Crippen LogP contribution in [0.25, 0.3) is 0 Å². The first-order valence-electron chi connectivity index (χ1n) is 18.8. The molecule has 0 amide bonds. The van der Waals surface area contributed by atoms with Gasteiger partial charge >= 0.3 is 0 Å². The van der Waals surface area contributed by atoms with Crippen LogP contribution in [0.15, 0.2) is 24.3 Å². The van der Waals surface area contributed by atoms with Crippen molar-refractivity contribution in [2.45, 2.75) is 182 Å². The van der Waals surface area contributed by atoms with Gasteiger partial charge in [-0.15, -0.1) is 0 Å². The number of hydrogen-bond acceptors (Lipinski definition) is 5. The zero-order valence-electron chi connectivity index (χ0n) is 29.0. The third-order valence-corrected chi connectivity index (χ3v) is 9.04. The van der Waals surface area contributed by atoms with E-state index in [1.807, 2.05) is 24.3 Å². The van der Waals surface area contributed by atoms with Crippen LogP contribution in [0.4, 0.5) is 0 Å². The standard InChI is InChI=1S/C38H70N2O3/c1-5-9-11-13-15-17-19-21-23-25-27-33-39(7-3)37-41-35-29-31-36(32-30-35)42-38(43-37)40(8-4)34-28-26-24-22-20-18-16-14-12-10-6-2/h29-32,37-38H,5-28,33-34H2,1-4H3. The molecule has 2 aliphatic rings. The average molecular weight is 603 g/mol. The Kier molecular flexibility index (Phi) is 22.9. The highest BCUT2D eigenvalue weighted by Gasteiger charge is 2.30. The molecule has 2 bridgehead atoms. The molecule has 0 saturated carbocycles. The largest absolute Gasteiger partial charge is 0.451 e. The number of rotatable bonds is 28. The highest BCUT2D eigenvalue weighted by atomic mass is 16.8. The molecule has 5 heteroatoms. The number of fused-ring (bicyclic) bond motifs is 6. The van der Waals surface area contributed by atoms with Gasteiger partial charge in [-0.1, -0.05) is 156 Å². The summed E-state index contributed by atoms with van der Waals surface area (Å²) in [6.45, 7) is 12.7.